The Morgan fingerprint density at radius 1 is 1.23 bits per heavy atom. The number of nitrogens with one attached hydrogen (secondary N) is 1. The minimum Gasteiger partial charge on any atom is -0.379 e. The molecule has 1 saturated carbocycles. The fourth-order valence-corrected chi connectivity index (χ4v) is 4.62. The molecule has 3 aromatic rings. The summed E-state index contributed by atoms with van der Waals surface area (Å²) >= 11 is 0. The molecule has 0 spiro atoms. The fraction of sp³-hybridized carbons (Fsp3) is 0.500. The molecule has 0 saturated heterocycles. The Hall–Kier alpha value is -2.60. The van der Waals surface area contributed by atoms with Crippen molar-refractivity contribution in [2.45, 2.75) is 58.1 Å². The van der Waals surface area contributed by atoms with Crippen LogP contribution >= 0.6 is 0 Å². The number of hydrogen-bond acceptors (Lipinski definition) is 3. The number of para-hydroxylation sites is 1. The number of aryl methyl sites for hydroxylation is 1. The van der Waals surface area contributed by atoms with Crippen molar-refractivity contribution in [1.29, 1.82) is 0 Å². The summed E-state index contributed by atoms with van der Waals surface area (Å²) in [5.41, 5.74) is 2.16. The molecule has 30 heavy (non-hydrogen) atoms. The number of amides is 1. The number of pyridine rings is 1. The smallest absolute Gasteiger partial charge is 0.275 e. The molecule has 1 amide bonds. The van der Waals surface area contributed by atoms with Gasteiger partial charge in [0.15, 0.2) is 0 Å². The Kier molecular flexibility index (Phi) is 5.95. The summed E-state index contributed by atoms with van der Waals surface area (Å²) in [7, 11) is 1.91. The number of ether oxygens (including phenoxy) is 1. The van der Waals surface area contributed by atoms with Gasteiger partial charge in [-0.05, 0) is 39.2 Å². The molecule has 2 heterocycles. The third kappa shape index (κ3) is 3.76. The monoisotopic (exact) mass is 409 g/mol. The van der Waals surface area contributed by atoms with E-state index in [4.69, 9.17) is 4.74 Å². The van der Waals surface area contributed by atoms with Crippen molar-refractivity contribution in [3.8, 4) is 0 Å². The van der Waals surface area contributed by atoms with Crippen LogP contribution in [0.15, 0.2) is 35.3 Å². The maximum absolute atomic E-state index is 13.4. The van der Waals surface area contributed by atoms with Crippen molar-refractivity contribution >= 4 is 27.7 Å². The molecule has 1 aromatic carbocycles. The first-order chi connectivity index (χ1) is 14.5. The highest BCUT2D eigenvalue weighted by Crippen LogP contribution is 2.32. The van der Waals surface area contributed by atoms with Gasteiger partial charge in [0.05, 0.1) is 11.7 Å². The molecule has 1 aliphatic carbocycles. The molecule has 0 unspecified atom stereocenters. The minimum absolute atomic E-state index is 0.00233. The van der Waals surface area contributed by atoms with Gasteiger partial charge in [-0.3, -0.25) is 9.59 Å². The second-order valence-corrected chi connectivity index (χ2v) is 8.52. The van der Waals surface area contributed by atoms with Crippen LogP contribution in [0.1, 0.15) is 62.4 Å². The Bertz CT molecular complexity index is 1120. The Labute approximate surface area is 176 Å². The van der Waals surface area contributed by atoms with Crippen LogP contribution in [0.3, 0.4) is 0 Å². The van der Waals surface area contributed by atoms with Gasteiger partial charge in [0, 0.05) is 48.7 Å². The molecule has 1 fully saturated rings. The molecule has 0 aliphatic heterocycles. The van der Waals surface area contributed by atoms with Crippen LogP contribution < -0.4 is 10.9 Å². The number of rotatable bonds is 7. The van der Waals surface area contributed by atoms with Crippen LogP contribution in [0.5, 0.6) is 0 Å². The number of hydrogen-bond donors (Lipinski definition) is 1. The highest BCUT2D eigenvalue weighted by atomic mass is 16.5. The molecule has 6 nitrogen and oxygen atoms in total. The summed E-state index contributed by atoms with van der Waals surface area (Å²) in [5.74, 6) is -0.132. The van der Waals surface area contributed by atoms with E-state index >= 15 is 0 Å². The van der Waals surface area contributed by atoms with E-state index < -0.39 is 0 Å². The van der Waals surface area contributed by atoms with Gasteiger partial charge in [-0.15, -0.1) is 0 Å². The molecule has 0 bridgehead atoms. The van der Waals surface area contributed by atoms with E-state index in [0.717, 1.165) is 48.4 Å². The molecule has 0 atom stereocenters. The Balaban J connectivity index is 1.77. The lowest BCUT2D eigenvalue weighted by Gasteiger charge is -2.17. The predicted octanol–water partition coefficient (Wildman–Crippen LogP) is 4.15. The van der Waals surface area contributed by atoms with Gasteiger partial charge >= 0.3 is 0 Å². The molecular formula is C24H31N3O3. The molecule has 4 rings (SSSR count). The summed E-state index contributed by atoms with van der Waals surface area (Å²) in [5, 5.41) is 4.73. The second kappa shape index (κ2) is 8.64. The zero-order chi connectivity index (χ0) is 21.3. The first-order valence-electron chi connectivity index (χ1n) is 11.0. The number of nitrogens with zero attached hydrogens (tertiary/aromatic N) is 2. The van der Waals surface area contributed by atoms with Crippen LogP contribution in [0.4, 0.5) is 0 Å². The van der Waals surface area contributed by atoms with Gasteiger partial charge in [-0.2, -0.15) is 0 Å². The summed E-state index contributed by atoms with van der Waals surface area (Å²) in [6.45, 7) is 5.16. The molecule has 1 N–H and O–H groups in total. The van der Waals surface area contributed by atoms with Gasteiger partial charge in [0.1, 0.15) is 5.52 Å². The Morgan fingerprint density at radius 3 is 2.70 bits per heavy atom. The SMILES string of the molecule is CC(C)OCCCNC(=O)c1cn(C2CCCC2)c(=O)c2c1c1ccccc1n2C. The number of carbonyl (C=O) groups excluding carboxylic acids is 1. The molecular weight excluding hydrogens is 378 g/mol. The number of carbonyl (C=O) groups is 1. The van der Waals surface area contributed by atoms with Crippen molar-refractivity contribution in [2.75, 3.05) is 13.2 Å². The Morgan fingerprint density at radius 2 is 1.97 bits per heavy atom. The van der Waals surface area contributed by atoms with Crippen molar-refractivity contribution < 1.29 is 9.53 Å². The number of fused-ring (bicyclic) bond motifs is 3. The zero-order valence-corrected chi connectivity index (χ0v) is 18.1. The first-order valence-corrected chi connectivity index (χ1v) is 11.0. The van der Waals surface area contributed by atoms with Crippen LogP contribution in [-0.2, 0) is 11.8 Å². The van der Waals surface area contributed by atoms with Gasteiger partial charge < -0.3 is 19.2 Å². The lowest BCUT2D eigenvalue weighted by molar-refractivity contribution is 0.0757. The number of benzene rings is 1. The van der Waals surface area contributed by atoms with E-state index in [1.807, 2.05) is 54.3 Å². The maximum atomic E-state index is 13.4. The third-order valence-corrected chi connectivity index (χ3v) is 6.10. The van der Waals surface area contributed by atoms with Gasteiger partial charge in [0.25, 0.3) is 11.5 Å². The number of aromatic nitrogens is 2. The zero-order valence-electron chi connectivity index (χ0n) is 18.1. The normalized spacial score (nSPS) is 14.9. The molecule has 2 aromatic heterocycles. The van der Waals surface area contributed by atoms with Crippen molar-refractivity contribution in [3.05, 3.63) is 46.4 Å². The highest BCUT2D eigenvalue weighted by Gasteiger charge is 2.25. The van der Waals surface area contributed by atoms with Crippen LogP contribution in [0.25, 0.3) is 21.8 Å². The topological polar surface area (TPSA) is 65.3 Å². The lowest BCUT2D eigenvalue weighted by atomic mass is 10.1. The van der Waals surface area contributed by atoms with E-state index in [0.29, 0.717) is 24.2 Å². The summed E-state index contributed by atoms with van der Waals surface area (Å²) in [6.07, 6.45) is 6.97. The third-order valence-electron chi connectivity index (χ3n) is 6.10. The van der Waals surface area contributed by atoms with Crippen molar-refractivity contribution in [1.82, 2.24) is 14.5 Å². The van der Waals surface area contributed by atoms with Crippen molar-refractivity contribution in [3.63, 3.8) is 0 Å². The standard InChI is InChI=1S/C24H31N3O3/c1-16(2)30-14-8-13-25-23(28)19-15-27(17-9-4-5-10-17)24(29)22-21(19)18-11-6-7-12-20(18)26(22)3/h6-7,11-12,15-17H,4-5,8-10,13-14H2,1-3H3,(H,25,28). The van der Waals surface area contributed by atoms with Crippen molar-refractivity contribution in [2.24, 2.45) is 7.05 Å². The van der Waals surface area contributed by atoms with E-state index in [1.54, 1.807) is 6.20 Å². The van der Waals surface area contributed by atoms with Crippen LogP contribution in [-0.4, -0.2) is 34.3 Å². The quantitative estimate of drug-likeness (QED) is 0.596. The summed E-state index contributed by atoms with van der Waals surface area (Å²) < 4.78 is 9.31. The second-order valence-electron chi connectivity index (χ2n) is 8.52. The predicted molar refractivity (Wildman–Crippen MR) is 120 cm³/mol. The molecule has 6 heteroatoms. The molecule has 0 radical (unpaired) electrons. The van der Waals surface area contributed by atoms with Crippen LogP contribution in [0, 0.1) is 0 Å². The minimum atomic E-state index is -0.132. The highest BCUT2D eigenvalue weighted by molar-refractivity contribution is 6.17. The average Bonchev–Trinajstić information content (AvgIpc) is 3.36. The van der Waals surface area contributed by atoms with Gasteiger partial charge in [-0.1, -0.05) is 31.0 Å². The first kappa shape index (κ1) is 20.7. The van der Waals surface area contributed by atoms with E-state index in [9.17, 15) is 9.59 Å². The van der Waals surface area contributed by atoms with Gasteiger partial charge in [-0.25, -0.2) is 0 Å². The average molecular weight is 410 g/mol. The fourth-order valence-electron chi connectivity index (χ4n) is 4.62. The molecule has 160 valence electrons. The van der Waals surface area contributed by atoms with E-state index in [1.165, 1.54) is 0 Å². The summed E-state index contributed by atoms with van der Waals surface area (Å²) in [6, 6.07) is 8.08. The largest absolute Gasteiger partial charge is 0.379 e. The van der Waals surface area contributed by atoms with Crippen LogP contribution in [0.2, 0.25) is 0 Å². The summed E-state index contributed by atoms with van der Waals surface area (Å²) in [4.78, 5) is 26.6. The van der Waals surface area contributed by atoms with Gasteiger partial charge in [0.2, 0.25) is 0 Å². The van der Waals surface area contributed by atoms with E-state index in [-0.39, 0.29) is 23.6 Å². The lowest BCUT2D eigenvalue weighted by Crippen LogP contribution is -2.30. The maximum Gasteiger partial charge on any atom is 0.275 e. The molecule has 1 aliphatic rings. The van der Waals surface area contributed by atoms with E-state index in [2.05, 4.69) is 5.32 Å².